The Morgan fingerprint density at radius 2 is 1.61 bits per heavy atom. The molecule has 2 aliphatic heterocycles. The first-order valence-corrected chi connectivity index (χ1v) is 21.1. The summed E-state index contributed by atoms with van der Waals surface area (Å²) in [5.41, 5.74) is -5.86. The number of aliphatic hydroxyl groups is 3. The molecule has 3 N–H and O–H groups in total. The lowest BCUT2D eigenvalue weighted by atomic mass is 9.42. The zero-order chi connectivity index (χ0) is 43.6. The fourth-order valence-electron chi connectivity index (χ4n) is 14.2. The highest BCUT2D eigenvalue weighted by Crippen LogP contribution is 2.80. The van der Waals surface area contributed by atoms with Crippen molar-refractivity contribution in [3.63, 3.8) is 0 Å². The van der Waals surface area contributed by atoms with E-state index in [1.165, 1.54) is 33.3 Å². The van der Waals surface area contributed by atoms with Gasteiger partial charge in [0.05, 0.1) is 35.1 Å². The maximum atomic E-state index is 14.3. The van der Waals surface area contributed by atoms with Crippen molar-refractivity contribution < 1.29 is 67.7 Å². The summed E-state index contributed by atoms with van der Waals surface area (Å²) in [6, 6.07) is 14.0. The van der Waals surface area contributed by atoms with Crippen LogP contribution < -0.4 is 4.90 Å². The average molecular weight is 847 g/mol. The number of piperidine rings is 1. The predicted molar refractivity (Wildman–Crippen MR) is 212 cm³/mol. The number of fused-ring (bicyclic) bond motifs is 2. The summed E-state index contributed by atoms with van der Waals surface area (Å²) >= 11 is 0. The molecular weight excluding hydrogens is 792 g/mol. The second-order valence-electron chi connectivity index (χ2n) is 18.3. The lowest BCUT2D eigenvalue weighted by Gasteiger charge is -2.70. The Balaban J connectivity index is 1.21. The monoisotopic (exact) mass is 846 g/mol. The number of hydrogen-bond donors (Lipinski definition) is 3. The molecule has 16 atom stereocenters. The molecule has 5 unspecified atom stereocenters. The first-order valence-electron chi connectivity index (χ1n) is 21.1. The molecule has 5 aliphatic carbocycles. The zero-order valence-electron chi connectivity index (χ0n) is 35.1. The Labute approximate surface area is 353 Å². The molecule has 61 heavy (non-hydrogen) atoms. The molecule has 7 aliphatic rings. The van der Waals surface area contributed by atoms with Crippen molar-refractivity contribution in [2.45, 2.75) is 93.9 Å². The number of hydrogen-bond acceptors (Lipinski definition) is 15. The molecule has 7 bridgehead atoms. The minimum absolute atomic E-state index is 0.0000238. The number of esters is 3. The highest BCUT2D eigenvalue weighted by molar-refractivity contribution is 6.22. The minimum Gasteiger partial charge on any atom is -0.461 e. The summed E-state index contributed by atoms with van der Waals surface area (Å²) in [5.74, 6) is -6.99. The van der Waals surface area contributed by atoms with Gasteiger partial charge in [0, 0.05) is 88.2 Å². The zero-order valence-corrected chi connectivity index (χ0v) is 35.1. The van der Waals surface area contributed by atoms with Crippen LogP contribution in [0.1, 0.15) is 60.7 Å². The fourth-order valence-corrected chi connectivity index (χ4v) is 14.2. The van der Waals surface area contributed by atoms with E-state index < -0.39 is 124 Å². The maximum absolute atomic E-state index is 14.3. The molecule has 16 nitrogen and oxygen atoms in total. The van der Waals surface area contributed by atoms with Gasteiger partial charge in [-0.1, -0.05) is 44.2 Å². The van der Waals surface area contributed by atoms with E-state index in [2.05, 4.69) is 4.90 Å². The van der Waals surface area contributed by atoms with Gasteiger partial charge in [-0.05, 0) is 43.1 Å². The maximum Gasteiger partial charge on any atom is 0.340 e. The van der Waals surface area contributed by atoms with Crippen molar-refractivity contribution in [3.05, 3.63) is 65.7 Å². The van der Waals surface area contributed by atoms with E-state index in [1.54, 1.807) is 56.5 Å². The summed E-state index contributed by atoms with van der Waals surface area (Å²) in [5, 5.41) is 38.4. The number of imide groups is 1. The van der Waals surface area contributed by atoms with Gasteiger partial charge >= 0.3 is 17.9 Å². The summed E-state index contributed by atoms with van der Waals surface area (Å²) in [7, 11) is 4.42. The number of nitrogens with zero attached hydrogens (tertiary/aromatic N) is 2. The molecule has 2 aromatic carbocycles. The number of amides is 2. The molecule has 1 spiro atoms. The van der Waals surface area contributed by atoms with Crippen LogP contribution in [0.3, 0.4) is 0 Å². The van der Waals surface area contributed by atoms with Crippen molar-refractivity contribution in [1.82, 2.24) is 4.90 Å². The van der Waals surface area contributed by atoms with Crippen LogP contribution in [0.25, 0.3) is 0 Å². The normalized spacial score (nSPS) is 43.0. The standard InChI is InChI=1S/C45H54N2O14/c1-7-46-20-42(21-59-41(54)25-15-11-12-16-27(25)47-30(50)17-22(2)39(47)52)28(49)18-29(56-4)44-26-19-43(55)37(60-40(53)24-13-9-8-10-14-24)31(26)45(61-23(3)48,36(51)38(43)58-6)32(35(44)46)33(57-5)34(42)44/h8-16,22,26,28-29,31-38,49,51,55H,7,17-21H2,1-6H3/t22-,26?,28+,29-,31?,32?,33-,34?,35?,36-,37+,38-,42-,43+,44-,45+/m0/s1. The van der Waals surface area contributed by atoms with Gasteiger partial charge in [-0.3, -0.25) is 19.3 Å². The third-order valence-electron chi connectivity index (χ3n) is 16.0. The number of carbonyl (C=O) groups is 5. The van der Waals surface area contributed by atoms with Crippen molar-refractivity contribution in [2.24, 2.45) is 40.4 Å². The van der Waals surface area contributed by atoms with Gasteiger partial charge < -0.3 is 43.7 Å². The van der Waals surface area contributed by atoms with Crippen LogP contribution in [0.15, 0.2) is 54.6 Å². The first kappa shape index (κ1) is 42.0. The highest BCUT2D eigenvalue weighted by atomic mass is 16.6. The van der Waals surface area contributed by atoms with Gasteiger partial charge in [-0.15, -0.1) is 0 Å². The minimum atomic E-state index is -1.99. The van der Waals surface area contributed by atoms with Crippen LogP contribution in [0.2, 0.25) is 0 Å². The van der Waals surface area contributed by atoms with Crippen LogP contribution in [0, 0.1) is 40.4 Å². The number of para-hydroxylation sites is 1. The van der Waals surface area contributed by atoms with E-state index in [9.17, 15) is 39.3 Å². The Morgan fingerprint density at radius 3 is 2.23 bits per heavy atom. The number of ether oxygens (including phenoxy) is 6. The van der Waals surface area contributed by atoms with E-state index in [0.29, 0.717) is 6.54 Å². The van der Waals surface area contributed by atoms with Gasteiger partial charge in [0.1, 0.15) is 30.5 Å². The van der Waals surface area contributed by atoms with Crippen molar-refractivity contribution in [1.29, 1.82) is 0 Å². The number of rotatable bonds is 11. The highest BCUT2D eigenvalue weighted by Gasteiger charge is 2.92. The number of carbonyl (C=O) groups excluding carboxylic acids is 5. The predicted octanol–water partition coefficient (Wildman–Crippen LogP) is 1.76. The molecule has 0 aromatic heterocycles. The smallest absolute Gasteiger partial charge is 0.340 e. The quantitative estimate of drug-likeness (QED) is 0.167. The molecule has 16 heteroatoms. The Morgan fingerprint density at radius 1 is 0.902 bits per heavy atom. The van der Waals surface area contributed by atoms with Crippen LogP contribution in [-0.2, 0) is 42.8 Å². The SMILES string of the molecule is CCN1C[C@@]2(COC(=O)c3ccccc3N3C(=O)C[C@H](C)C3=O)C3[C@@H](OC)C4C1[C@@]3(C1C[C@@]3(O)[C@H](OC(=O)c5ccccc5)C1[C@]4(OC(C)=O)[C@@H](O)[C@@H]3OC)[C@@H](OC)C[C@H]2O. The van der Waals surface area contributed by atoms with Gasteiger partial charge in [0.2, 0.25) is 11.8 Å². The Hall–Kier alpha value is -4.29. The number of anilines is 1. The van der Waals surface area contributed by atoms with Crippen molar-refractivity contribution in [3.8, 4) is 0 Å². The van der Waals surface area contributed by atoms with Crippen LogP contribution in [-0.4, -0.2) is 145 Å². The van der Waals surface area contributed by atoms with Gasteiger partial charge in [-0.2, -0.15) is 0 Å². The second kappa shape index (κ2) is 14.6. The van der Waals surface area contributed by atoms with E-state index in [1.807, 2.05) is 6.92 Å². The lowest BCUT2D eigenvalue weighted by Crippen LogP contribution is -2.81. The molecule has 2 amide bonds. The van der Waals surface area contributed by atoms with Gasteiger partial charge in [0.25, 0.3) is 0 Å². The number of methoxy groups -OCH3 is 3. The van der Waals surface area contributed by atoms with E-state index in [0.717, 1.165) is 4.90 Å². The second-order valence-corrected chi connectivity index (χ2v) is 18.3. The Kier molecular flexibility index (Phi) is 10.1. The van der Waals surface area contributed by atoms with E-state index in [4.69, 9.17) is 28.4 Å². The summed E-state index contributed by atoms with van der Waals surface area (Å²) in [6.07, 6.45) is -7.12. The molecule has 7 fully saturated rings. The first-order chi connectivity index (χ1) is 29.1. The van der Waals surface area contributed by atoms with Gasteiger partial charge in [-0.25, -0.2) is 14.5 Å². The molecular formula is C45H54N2O14. The number of likely N-dealkylation sites (tertiary alicyclic amines) is 1. The van der Waals surface area contributed by atoms with Crippen molar-refractivity contribution in [2.75, 3.05) is 45.9 Å². The summed E-state index contributed by atoms with van der Waals surface area (Å²) in [6.45, 7) is 5.11. The number of aliphatic hydroxyl groups excluding tert-OH is 2. The molecule has 2 heterocycles. The molecule has 328 valence electrons. The largest absolute Gasteiger partial charge is 0.461 e. The molecule has 2 aromatic rings. The third-order valence-corrected chi connectivity index (χ3v) is 16.0. The van der Waals surface area contributed by atoms with Crippen LogP contribution in [0.4, 0.5) is 5.69 Å². The fraction of sp³-hybridized carbons (Fsp3) is 0.622. The molecule has 2 saturated heterocycles. The number of benzene rings is 2. The third kappa shape index (κ3) is 5.33. The van der Waals surface area contributed by atoms with E-state index >= 15 is 0 Å². The van der Waals surface area contributed by atoms with Crippen LogP contribution >= 0.6 is 0 Å². The van der Waals surface area contributed by atoms with Gasteiger partial charge in [0.15, 0.2) is 5.60 Å². The summed E-state index contributed by atoms with van der Waals surface area (Å²) < 4.78 is 38.2. The average Bonchev–Trinajstić information content (AvgIpc) is 3.74. The summed E-state index contributed by atoms with van der Waals surface area (Å²) in [4.78, 5) is 71.2. The molecule has 9 rings (SSSR count). The lowest BCUT2D eigenvalue weighted by molar-refractivity contribution is -0.322. The molecule has 5 saturated carbocycles. The molecule has 0 radical (unpaired) electrons. The van der Waals surface area contributed by atoms with E-state index in [-0.39, 0.29) is 49.2 Å². The van der Waals surface area contributed by atoms with Crippen molar-refractivity contribution >= 4 is 35.4 Å². The van der Waals surface area contributed by atoms with Crippen LogP contribution in [0.5, 0.6) is 0 Å². The Bertz CT molecular complexity index is 2140. The topological polar surface area (TPSA) is 208 Å².